The van der Waals surface area contributed by atoms with Gasteiger partial charge in [-0.15, -0.1) is 0 Å². The van der Waals surface area contributed by atoms with E-state index in [1.807, 2.05) is 0 Å². The Kier molecular flexibility index (Phi) is 4.90. The molecule has 0 saturated carbocycles. The first-order valence-electron chi connectivity index (χ1n) is 6.09. The van der Waals surface area contributed by atoms with Crippen LogP contribution in [0.25, 0.3) is 0 Å². The predicted molar refractivity (Wildman–Crippen MR) is 62.3 cm³/mol. The normalized spacial score (nSPS) is 31.7. The van der Waals surface area contributed by atoms with E-state index in [1.54, 1.807) is 0 Å². The lowest BCUT2D eigenvalue weighted by Gasteiger charge is -2.36. The zero-order chi connectivity index (χ0) is 10.6. The molecule has 14 heavy (non-hydrogen) atoms. The van der Waals surface area contributed by atoms with Crippen LogP contribution in [0, 0.1) is 5.92 Å². The monoisotopic (exact) mass is 198 g/mol. The molecule has 2 nitrogen and oxygen atoms in total. The molecule has 2 N–H and O–H groups in total. The van der Waals surface area contributed by atoms with Crippen molar-refractivity contribution in [1.82, 2.24) is 4.90 Å². The van der Waals surface area contributed by atoms with Gasteiger partial charge >= 0.3 is 0 Å². The van der Waals surface area contributed by atoms with Crippen LogP contribution in [-0.2, 0) is 0 Å². The molecule has 0 radical (unpaired) electrons. The average Bonchev–Trinajstić information content (AvgIpc) is 2.08. The zero-order valence-corrected chi connectivity index (χ0v) is 10.00. The molecule has 0 amide bonds. The summed E-state index contributed by atoms with van der Waals surface area (Å²) in [5.41, 5.74) is 5.75. The van der Waals surface area contributed by atoms with Crippen LogP contribution < -0.4 is 5.73 Å². The Morgan fingerprint density at radius 1 is 1.43 bits per heavy atom. The quantitative estimate of drug-likeness (QED) is 0.750. The number of hydrogen-bond acceptors (Lipinski definition) is 2. The molecule has 0 aromatic rings. The SMILES string of the molecule is CC(N)CCCN1CCC(C)CC1C. The molecule has 0 aromatic heterocycles. The van der Waals surface area contributed by atoms with Crippen molar-refractivity contribution < 1.29 is 0 Å². The summed E-state index contributed by atoms with van der Waals surface area (Å²) >= 11 is 0. The maximum atomic E-state index is 5.75. The summed E-state index contributed by atoms with van der Waals surface area (Å²) in [6.45, 7) is 9.37. The predicted octanol–water partition coefficient (Wildman–Crippen LogP) is 2.23. The Hall–Kier alpha value is -0.0800. The molecule has 1 fully saturated rings. The van der Waals surface area contributed by atoms with Crippen molar-refractivity contribution in [3.63, 3.8) is 0 Å². The fourth-order valence-corrected chi connectivity index (χ4v) is 2.40. The molecule has 1 aliphatic rings. The van der Waals surface area contributed by atoms with Crippen molar-refractivity contribution in [2.75, 3.05) is 13.1 Å². The minimum absolute atomic E-state index is 0.369. The van der Waals surface area contributed by atoms with Gasteiger partial charge in [0.05, 0.1) is 0 Å². The van der Waals surface area contributed by atoms with Gasteiger partial charge in [0, 0.05) is 12.1 Å². The van der Waals surface area contributed by atoms with E-state index in [9.17, 15) is 0 Å². The van der Waals surface area contributed by atoms with Crippen molar-refractivity contribution >= 4 is 0 Å². The minimum atomic E-state index is 0.369. The molecule has 3 unspecified atom stereocenters. The molecule has 0 spiro atoms. The van der Waals surface area contributed by atoms with Crippen LogP contribution in [0.15, 0.2) is 0 Å². The lowest BCUT2D eigenvalue weighted by molar-refractivity contribution is 0.127. The molecule has 0 aliphatic carbocycles. The lowest BCUT2D eigenvalue weighted by Crippen LogP contribution is -2.40. The molecule has 2 heteroatoms. The van der Waals surface area contributed by atoms with Gasteiger partial charge in [-0.1, -0.05) is 6.92 Å². The van der Waals surface area contributed by atoms with E-state index in [0.29, 0.717) is 6.04 Å². The van der Waals surface area contributed by atoms with Crippen molar-refractivity contribution in [2.24, 2.45) is 11.7 Å². The standard InChI is InChI=1S/C12H26N2/c1-10-6-8-14(12(3)9-10)7-4-5-11(2)13/h10-12H,4-9,13H2,1-3H3. The van der Waals surface area contributed by atoms with Gasteiger partial charge in [-0.25, -0.2) is 0 Å². The van der Waals surface area contributed by atoms with E-state index in [4.69, 9.17) is 5.73 Å². The largest absolute Gasteiger partial charge is 0.328 e. The van der Waals surface area contributed by atoms with Crippen LogP contribution in [0.5, 0.6) is 0 Å². The number of rotatable bonds is 4. The van der Waals surface area contributed by atoms with Gasteiger partial charge in [-0.3, -0.25) is 0 Å². The van der Waals surface area contributed by atoms with Gasteiger partial charge < -0.3 is 10.6 Å². The molecule has 0 aromatic carbocycles. The molecular weight excluding hydrogens is 172 g/mol. The van der Waals surface area contributed by atoms with E-state index in [1.165, 1.54) is 38.8 Å². The highest BCUT2D eigenvalue weighted by Crippen LogP contribution is 2.22. The molecule has 1 heterocycles. The Morgan fingerprint density at radius 3 is 2.71 bits per heavy atom. The van der Waals surface area contributed by atoms with E-state index in [0.717, 1.165) is 12.0 Å². The fourth-order valence-electron chi connectivity index (χ4n) is 2.40. The highest BCUT2D eigenvalue weighted by Gasteiger charge is 2.21. The zero-order valence-electron chi connectivity index (χ0n) is 10.00. The average molecular weight is 198 g/mol. The summed E-state index contributed by atoms with van der Waals surface area (Å²) < 4.78 is 0. The van der Waals surface area contributed by atoms with Crippen LogP contribution in [0.1, 0.15) is 46.5 Å². The van der Waals surface area contributed by atoms with Crippen LogP contribution in [0.2, 0.25) is 0 Å². The third-order valence-corrected chi connectivity index (χ3v) is 3.38. The Balaban J connectivity index is 2.17. The first kappa shape index (κ1) is 12.0. The molecule has 0 bridgehead atoms. The van der Waals surface area contributed by atoms with Crippen molar-refractivity contribution in [1.29, 1.82) is 0 Å². The summed E-state index contributed by atoms with van der Waals surface area (Å²) in [7, 11) is 0. The number of nitrogens with zero attached hydrogens (tertiary/aromatic N) is 1. The van der Waals surface area contributed by atoms with Gasteiger partial charge in [-0.05, 0) is 58.5 Å². The van der Waals surface area contributed by atoms with Gasteiger partial charge in [0.15, 0.2) is 0 Å². The second kappa shape index (κ2) is 5.72. The number of likely N-dealkylation sites (tertiary alicyclic amines) is 1. The van der Waals surface area contributed by atoms with E-state index >= 15 is 0 Å². The smallest absolute Gasteiger partial charge is 0.00694 e. The van der Waals surface area contributed by atoms with Gasteiger partial charge in [0.1, 0.15) is 0 Å². The molecule has 1 aliphatic heterocycles. The van der Waals surface area contributed by atoms with Crippen LogP contribution in [-0.4, -0.2) is 30.1 Å². The molecule has 1 saturated heterocycles. The third kappa shape index (κ3) is 3.97. The lowest BCUT2D eigenvalue weighted by atomic mass is 9.93. The summed E-state index contributed by atoms with van der Waals surface area (Å²) in [6.07, 6.45) is 5.18. The topological polar surface area (TPSA) is 29.3 Å². The maximum absolute atomic E-state index is 5.75. The molecule has 3 atom stereocenters. The minimum Gasteiger partial charge on any atom is -0.328 e. The first-order valence-corrected chi connectivity index (χ1v) is 6.09. The number of hydrogen-bond donors (Lipinski definition) is 1. The molecule has 1 rings (SSSR count). The second-order valence-corrected chi connectivity index (χ2v) is 5.13. The molecule has 84 valence electrons. The number of piperidine rings is 1. The summed E-state index contributed by atoms with van der Waals surface area (Å²) in [6, 6.07) is 1.15. The summed E-state index contributed by atoms with van der Waals surface area (Å²) in [4.78, 5) is 2.63. The second-order valence-electron chi connectivity index (χ2n) is 5.13. The van der Waals surface area contributed by atoms with Crippen molar-refractivity contribution in [2.45, 2.75) is 58.5 Å². The summed E-state index contributed by atoms with van der Waals surface area (Å²) in [5.74, 6) is 0.926. The van der Waals surface area contributed by atoms with Crippen LogP contribution >= 0.6 is 0 Å². The maximum Gasteiger partial charge on any atom is 0.00694 e. The molecular formula is C12H26N2. The van der Waals surface area contributed by atoms with E-state index < -0.39 is 0 Å². The first-order chi connectivity index (χ1) is 6.59. The highest BCUT2D eigenvalue weighted by atomic mass is 15.2. The Bertz CT molecular complexity index is 156. The summed E-state index contributed by atoms with van der Waals surface area (Å²) in [5, 5.41) is 0. The Labute approximate surface area is 88.8 Å². The Morgan fingerprint density at radius 2 is 2.14 bits per heavy atom. The van der Waals surface area contributed by atoms with Crippen LogP contribution in [0.3, 0.4) is 0 Å². The van der Waals surface area contributed by atoms with E-state index in [-0.39, 0.29) is 0 Å². The van der Waals surface area contributed by atoms with Crippen molar-refractivity contribution in [3.05, 3.63) is 0 Å². The fraction of sp³-hybridized carbons (Fsp3) is 1.00. The van der Waals surface area contributed by atoms with E-state index in [2.05, 4.69) is 25.7 Å². The highest BCUT2D eigenvalue weighted by molar-refractivity contribution is 4.76. The van der Waals surface area contributed by atoms with Gasteiger partial charge in [0.25, 0.3) is 0 Å². The van der Waals surface area contributed by atoms with Crippen LogP contribution in [0.4, 0.5) is 0 Å². The van der Waals surface area contributed by atoms with Gasteiger partial charge in [0.2, 0.25) is 0 Å². The number of nitrogens with two attached hydrogens (primary N) is 1. The van der Waals surface area contributed by atoms with Gasteiger partial charge in [-0.2, -0.15) is 0 Å². The third-order valence-electron chi connectivity index (χ3n) is 3.38. The van der Waals surface area contributed by atoms with Crippen molar-refractivity contribution in [3.8, 4) is 0 Å².